The van der Waals surface area contributed by atoms with Gasteiger partial charge < -0.3 is 9.84 Å². The molecule has 0 spiro atoms. The van der Waals surface area contributed by atoms with Crippen molar-refractivity contribution in [2.45, 2.75) is 24.9 Å². The van der Waals surface area contributed by atoms with Crippen molar-refractivity contribution in [2.75, 3.05) is 7.11 Å². The Morgan fingerprint density at radius 2 is 1.95 bits per heavy atom. The summed E-state index contributed by atoms with van der Waals surface area (Å²) in [4.78, 5) is 0. The van der Waals surface area contributed by atoms with Crippen molar-refractivity contribution >= 4 is 0 Å². The largest absolute Gasteiger partial charge is 0.497 e. The fraction of sp³-hybridized carbons (Fsp3) is 0.294. The molecular weight excluding hydrogens is 236 g/mol. The monoisotopic (exact) mass is 254 g/mol. The van der Waals surface area contributed by atoms with Gasteiger partial charge in [-0.1, -0.05) is 36.4 Å². The van der Waals surface area contributed by atoms with E-state index in [1.54, 1.807) is 7.11 Å². The van der Waals surface area contributed by atoms with Crippen molar-refractivity contribution in [3.05, 3.63) is 65.2 Å². The maximum Gasteiger partial charge on any atom is 0.119 e. The van der Waals surface area contributed by atoms with Crippen molar-refractivity contribution in [3.63, 3.8) is 0 Å². The summed E-state index contributed by atoms with van der Waals surface area (Å²) in [6.07, 6.45) is 2.81. The molecule has 1 unspecified atom stereocenters. The molecule has 0 radical (unpaired) electrons. The maximum absolute atomic E-state index is 11.2. The van der Waals surface area contributed by atoms with Crippen molar-refractivity contribution in [1.82, 2.24) is 0 Å². The van der Waals surface area contributed by atoms with Gasteiger partial charge >= 0.3 is 0 Å². The normalized spacial score (nSPS) is 21.8. The van der Waals surface area contributed by atoms with Crippen molar-refractivity contribution in [1.29, 1.82) is 0 Å². The molecule has 0 amide bonds. The molecule has 0 heterocycles. The van der Waals surface area contributed by atoms with E-state index >= 15 is 0 Å². The van der Waals surface area contributed by atoms with E-state index in [-0.39, 0.29) is 0 Å². The van der Waals surface area contributed by atoms with Crippen LogP contribution in [0.15, 0.2) is 48.5 Å². The first-order valence-corrected chi connectivity index (χ1v) is 6.69. The van der Waals surface area contributed by atoms with Crippen LogP contribution in [0.1, 0.15) is 29.5 Å². The minimum Gasteiger partial charge on any atom is -0.497 e. The van der Waals surface area contributed by atoms with Gasteiger partial charge in [-0.05, 0) is 48.1 Å². The van der Waals surface area contributed by atoms with Gasteiger partial charge in [0.2, 0.25) is 0 Å². The second-order valence-corrected chi connectivity index (χ2v) is 5.10. The highest BCUT2D eigenvalue weighted by atomic mass is 16.5. The molecule has 2 aromatic rings. The molecule has 3 rings (SSSR count). The zero-order chi connectivity index (χ0) is 13.3. The third kappa shape index (κ3) is 2.02. The van der Waals surface area contributed by atoms with E-state index in [1.165, 1.54) is 5.56 Å². The van der Waals surface area contributed by atoms with E-state index in [9.17, 15) is 5.11 Å². The summed E-state index contributed by atoms with van der Waals surface area (Å²) in [5.41, 5.74) is 2.32. The van der Waals surface area contributed by atoms with Crippen molar-refractivity contribution in [2.24, 2.45) is 0 Å². The summed E-state index contributed by atoms with van der Waals surface area (Å²) in [5, 5.41) is 11.2. The predicted octanol–water partition coefficient (Wildman–Crippen LogP) is 3.27. The number of ether oxygens (including phenoxy) is 1. The second kappa shape index (κ2) is 4.71. The van der Waals surface area contributed by atoms with E-state index in [0.717, 1.165) is 36.1 Å². The van der Waals surface area contributed by atoms with Crippen LogP contribution in [0.3, 0.4) is 0 Å². The SMILES string of the molecule is COc1cccc(C2(O)CCCc3ccccc32)c1. The van der Waals surface area contributed by atoms with Crippen molar-refractivity contribution < 1.29 is 9.84 Å². The Morgan fingerprint density at radius 3 is 2.79 bits per heavy atom. The third-order valence-corrected chi connectivity index (χ3v) is 3.99. The molecule has 1 atom stereocenters. The van der Waals surface area contributed by atoms with Gasteiger partial charge in [-0.25, -0.2) is 0 Å². The highest BCUT2D eigenvalue weighted by molar-refractivity contribution is 5.44. The van der Waals surface area contributed by atoms with Crippen LogP contribution in [0.2, 0.25) is 0 Å². The number of aryl methyl sites for hydroxylation is 1. The first kappa shape index (κ1) is 12.2. The minimum absolute atomic E-state index is 0.761. The zero-order valence-corrected chi connectivity index (χ0v) is 11.1. The van der Waals surface area contributed by atoms with E-state index in [0.29, 0.717) is 0 Å². The summed E-state index contributed by atoms with van der Waals surface area (Å²) in [6.45, 7) is 0. The summed E-state index contributed by atoms with van der Waals surface area (Å²) < 4.78 is 5.27. The van der Waals surface area contributed by atoms with Crippen LogP contribution in [0.5, 0.6) is 5.75 Å². The highest BCUT2D eigenvalue weighted by Gasteiger charge is 2.35. The summed E-state index contributed by atoms with van der Waals surface area (Å²) in [7, 11) is 1.65. The van der Waals surface area contributed by atoms with Crippen molar-refractivity contribution in [3.8, 4) is 5.75 Å². The molecule has 1 N–H and O–H groups in total. The molecule has 0 fully saturated rings. The Morgan fingerprint density at radius 1 is 1.11 bits per heavy atom. The van der Waals surface area contributed by atoms with Gasteiger partial charge in [-0.3, -0.25) is 0 Å². The maximum atomic E-state index is 11.2. The molecule has 0 aromatic heterocycles. The number of methoxy groups -OCH3 is 1. The Hall–Kier alpha value is -1.80. The van der Waals surface area contributed by atoms with Gasteiger partial charge in [-0.15, -0.1) is 0 Å². The lowest BCUT2D eigenvalue weighted by Gasteiger charge is -2.35. The lowest BCUT2D eigenvalue weighted by molar-refractivity contribution is 0.0614. The standard InChI is InChI=1S/C17H18O2/c1-19-15-9-4-8-14(12-15)17(18)11-5-7-13-6-2-3-10-16(13)17/h2-4,6,8-10,12,18H,5,7,11H2,1H3. The summed E-state index contributed by atoms with van der Waals surface area (Å²) in [5.74, 6) is 0.786. The number of benzene rings is 2. The summed E-state index contributed by atoms with van der Waals surface area (Å²) >= 11 is 0. The molecule has 2 heteroatoms. The van der Waals surface area contributed by atoms with Crippen LogP contribution < -0.4 is 4.74 Å². The molecule has 0 bridgehead atoms. The Kier molecular flexibility index (Phi) is 3.03. The van der Waals surface area contributed by atoms with Crippen LogP contribution in [0.25, 0.3) is 0 Å². The fourth-order valence-corrected chi connectivity index (χ4v) is 2.99. The minimum atomic E-state index is -0.886. The van der Waals surface area contributed by atoms with Crippen LogP contribution in [-0.2, 0) is 12.0 Å². The van der Waals surface area contributed by atoms with E-state index in [2.05, 4.69) is 6.07 Å². The van der Waals surface area contributed by atoms with Gasteiger partial charge in [0.25, 0.3) is 0 Å². The van der Waals surface area contributed by atoms with Gasteiger partial charge in [-0.2, -0.15) is 0 Å². The Balaban J connectivity index is 2.13. The fourth-order valence-electron chi connectivity index (χ4n) is 2.99. The molecule has 19 heavy (non-hydrogen) atoms. The first-order chi connectivity index (χ1) is 9.24. The lowest BCUT2D eigenvalue weighted by Crippen LogP contribution is -2.31. The van der Waals surface area contributed by atoms with Gasteiger partial charge in [0, 0.05) is 0 Å². The van der Waals surface area contributed by atoms with Gasteiger partial charge in [0.05, 0.1) is 7.11 Å². The molecular formula is C17H18O2. The molecule has 2 aromatic carbocycles. The number of hydrogen-bond donors (Lipinski definition) is 1. The highest BCUT2D eigenvalue weighted by Crippen LogP contribution is 2.41. The zero-order valence-electron chi connectivity index (χ0n) is 11.1. The Labute approximate surface area is 113 Å². The molecule has 1 aliphatic carbocycles. The lowest BCUT2D eigenvalue weighted by atomic mass is 9.75. The average Bonchev–Trinajstić information content (AvgIpc) is 2.48. The molecule has 2 nitrogen and oxygen atoms in total. The van der Waals surface area contributed by atoms with Gasteiger partial charge in [0.1, 0.15) is 11.4 Å². The predicted molar refractivity (Wildman–Crippen MR) is 75.4 cm³/mol. The number of hydrogen-bond acceptors (Lipinski definition) is 2. The molecule has 98 valence electrons. The smallest absolute Gasteiger partial charge is 0.119 e. The van der Waals surface area contributed by atoms with Crippen LogP contribution in [-0.4, -0.2) is 12.2 Å². The van der Waals surface area contributed by atoms with E-state index in [4.69, 9.17) is 4.74 Å². The molecule has 0 saturated carbocycles. The van der Waals surface area contributed by atoms with E-state index in [1.807, 2.05) is 42.5 Å². The Bertz CT molecular complexity index is 591. The molecule has 1 aliphatic rings. The van der Waals surface area contributed by atoms with Crippen LogP contribution in [0, 0.1) is 0 Å². The van der Waals surface area contributed by atoms with E-state index < -0.39 is 5.60 Å². The average molecular weight is 254 g/mol. The molecule has 0 aliphatic heterocycles. The second-order valence-electron chi connectivity index (χ2n) is 5.10. The van der Waals surface area contributed by atoms with Crippen LogP contribution >= 0.6 is 0 Å². The third-order valence-electron chi connectivity index (χ3n) is 3.99. The number of fused-ring (bicyclic) bond motifs is 1. The van der Waals surface area contributed by atoms with Crippen LogP contribution in [0.4, 0.5) is 0 Å². The topological polar surface area (TPSA) is 29.5 Å². The van der Waals surface area contributed by atoms with Gasteiger partial charge in [0.15, 0.2) is 0 Å². The quantitative estimate of drug-likeness (QED) is 0.891. The number of rotatable bonds is 2. The summed E-state index contributed by atoms with van der Waals surface area (Å²) in [6, 6.07) is 15.9. The molecule has 0 saturated heterocycles. The first-order valence-electron chi connectivity index (χ1n) is 6.69. The number of aliphatic hydroxyl groups is 1.